The molecule has 0 aromatic rings. The van der Waals surface area contributed by atoms with Gasteiger partial charge in [0.25, 0.3) is 0 Å². The lowest BCUT2D eigenvalue weighted by Gasteiger charge is -2.36. The summed E-state index contributed by atoms with van der Waals surface area (Å²) in [6.45, 7) is 9.50. The molecule has 1 aliphatic heterocycles. The third kappa shape index (κ3) is 2.73. The molecule has 1 atom stereocenters. The summed E-state index contributed by atoms with van der Waals surface area (Å²) in [5, 5.41) is 0. The molecule has 0 saturated carbocycles. The Morgan fingerprint density at radius 1 is 1.28 bits per heavy atom. The average Bonchev–Trinajstić information content (AvgIpc) is 2.62. The highest BCUT2D eigenvalue weighted by atomic mass is 16.7. The van der Waals surface area contributed by atoms with Gasteiger partial charge < -0.3 is 9.47 Å². The summed E-state index contributed by atoms with van der Waals surface area (Å²) in [5.74, 6) is -0.112. The standard InChI is InChI=1S/C15H22O3/c1-11-9-12(16)10-14(2,3)13(11)5-6-15(4)17-7-8-18-15/h5-6,9,13H,7-8,10H2,1-4H3/b6-5+. The fourth-order valence-corrected chi connectivity index (χ4v) is 2.88. The third-order valence-electron chi connectivity index (χ3n) is 3.80. The predicted molar refractivity (Wildman–Crippen MR) is 70.1 cm³/mol. The summed E-state index contributed by atoms with van der Waals surface area (Å²) >= 11 is 0. The molecule has 0 aromatic carbocycles. The van der Waals surface area contributed by atoms with Crippen LogP contribution in [0.25, 0.3) is 0 Å². The molecule has 1 saturated heterocycles. The minimum Gasteiger partial charge on any atom is -0.344 e. The topological polar surface area (TPSA) is 35.5 Å². The Balaban J connectivity index is 2.19. The van der Waals surface area contributed by atoms with Crippen molar-refractivity contribution < 1.29 is 14.3 Å². The van der Waals surface area contributed by atoms with E-state index < -0.39 is 5.79 Å². The zero-order valence-electron chi connectivity index (χ0n) is 11.7. The van der Waals surface area contributed by atoms with Crippen molar-refractivity contribution >= 4 is 5.78 Å². The molecule has 0 aromatic heterocycles. The van der Waals surface area contributed by atoms with Crippen LogP contribution in [0.15, 0.2) is 23.8 Å². The summed E-state index contributed by atoms with van der Waals surface area (Å²) in [6.07, 6.45) is 6.47. The lowest BCUT2D eigenvalue weighted by molar-refractivity contribution is -0.117. The van der Waals surface area contributed by atoms with E-state index in [4.69, 9.17) is 9.47 Å². The fourth-order valence-electron chi connectivity index (χ4n) is 2.88. The van der Waals surface area contributed by atoms with Crippen molar-refractivity contribution in [1.29, 1.82) is 0 Å². The van der Waals surface area contributed by atoms with Gasteiger partial charge in [0.05, 0.1) is 13.2 Å². The Morgan fingerprint density at radius 3 is 2.44 bits per heavy atom. The van der Waals surface area contributed by atoms with E-state index in [2.05, 4.69) is 19.9 Å². The Morgan fingerprint density at radius 2 is 1.89 bits per heavy atom. The predicted octanol–water partition coefficient (Wildman–Crippen LogP) is 2.87. The number of ether oxygens (including phenoxy) is 2. The molecule has 100 valence electrons. The summed E-state index contributed by atoms with van der Waals surface area (Å²) < 4.78 is 11.1. The Hall–Kier alpha value is -0.930. The second kappa shape index (κ2) is 4.63. The molecule has 2 rings (SSSR count). The Bertz CT molecular complexity index is 398. The van der Waals surface area contributed by atoms with Gasteiger partial charge >= 0.3 is 0 Å². The first-order valence-electron chi connectivity index (χ1n) is 6.51. The van der Waals surface area contributed by atoms with Crippen LogP contribution in [0.1, 0.15) is 34.1 Å². The third-order valence-corrected chi connectivity index (χ3v) is 3.80. The monoisotopic (exact) mass is 250 g/mol. The van der Waals surface area contributed by atoms with E-state index in [1.165, 1.54) is 0 Å². The maximum absolute atomic E-state index is 11.6. The fraction of sp³-hybridized carbons (Fsp3) is 0.667. The lowest BCUT2D eigenvalue weighted by atomic mass is 9.68. The highest BCUT2D eigenvalue weighted by Gasteiger charge is 2.36. The Labute approximate surface area is 109 Å². The van der Waals surface area contributed by atoms with E-state index in [1.807, 2.05) is 19.9 Å². The molecule has 0 amide bonds. The van der Waals surface area contributed by atoms with Crippen LogP contribution in [-0.2, 0) is 14.3 Å². The van der Waals surface area contributed by atoms with E-state index in [9.17, 15) is 4.79 Å². The van der Waals surface area contributed by atoms with E-state index in [0.29, 0.717) is 19.6 Å². The number of carbonyl (C=O) groups excluding carboxylic acids is 1. The minimum atomic E-state index is -0.599. The molecule has 1 aliphatic carbocycles. The number of hydrogen-bond acceptors (Lipinski definition) is 3. The summed E-state index contributed by atoms with van der Waals surface area (Å²) in [6, 6.07) is 0. The molecule has 3 heteroatoms. The van der Waals surface area contributed by atoms with Crippen LogP contribution in [0.5, 0.6) is 0 Å². The van der Waals surface area contributed by atoms with Gasteiger partial charge in [-0.25, -0.2) is 0 Å². The van der Waals surface area contributed by atoms with Crippen LogP contribution in [0.3, 0.4) is 0 Å². The number of carbonyl (C=O) groups is 1. The van der Waals surface area contributed by atoms with Gasteiger partial charge in [-0.2, -0.15) is 0 Å². The highest BCUT2D eigenvalue weighted by Crippen LogP contribution is 2.41. The van der Waals surface area contributed by atoms with Gasteiger partial charge in [-0.05, 0) is 31.4 Å². The smallest absolute Gasteiger partial charge is 0.185 e. The first-order valence-corrected chi connectivity index (χ1v) is 6.51. The number of rotatable bonds is 2. The van der Waals surface area contributed by atoms with Crippen LogP contribution in [0.2, 0.25) is 0 Å². The molecular formula is C15H22O3. The van der Waals surface area contributed by atoms with Crippen LogP contribution in [-0.4, -0.2) is 24.8 Å². The van der Waals surface area contributed by atoms with Gasteiger partial charge in [0.2, 0.25) is 0 Å². The van der Waals surface area contributed by atoms with E-state index in [0.717, 1.165) is 5.57 Å². The van der Waals surface area contributed by atoms with E-state index >= 15 is 0 Å². The molecule has 1 heterocycles. The van der Waals surface area contributed by atoms with Gasteiger partial charge in [0, 0.05) is 12.3 Å². The van der Waals surface area contributed by atoms with E-state index in [1.54, 1.807) is 6.08 Å². The molecule has 1 unspecified atom stereocenters. The van der Waals surface area contributed by atoms with Crippen LogP contribution < -0.4 is 0 Å². The van der Waals surface area contributed by atoms with Crippen molar-refractivity contribution in [2.45, 2.75) is 39.9 Å². The molecule has 2 aliphatic rings. The summed E-state index contributed by atoms with van der Waals surface area (Å²) in [7, 11) is 0. The van der Waals surface area contributed by atoms with Gasteiger partial charge in [-0.1, -0.05) is 25.5 Å². The summed E-state index contributed by atoms with van der Waals surface area (Å²) in [5.41, 5.74) is 1.08. The molecule has 0 N–H and O–H groups in total. The van der Waals surface area contributed by atoms with Gasteiger partial charge in [-0.15, -0.1) is 0 Å². The maximum atomic E-state index is 11.6. The first-order chi connectivity index (χ1) is 8.32. The van der Waals surface area contributed by atoms with Gasteiger partial charge in [-0.3, -0.25) is 4.79 Å². The normalized spacial score (nSPS) is 30.8. The van der Waals surface area contributed by atoms with Crippen LogP contribution in [0, 0.1) is 11.3 Å². The Kier molecular flexibility index (Phi) is 3.47. The number of ketones is 1. The SMILES string of the molecule is CC1=CC(=O)CC(C)(C)C1/C=C/C1(C)OCCO1. The molecular weight excluding hydrogens is 228 g/mol. The number of allylic oxidation sites excluding steroid dienone is 3. The zero-order valence-corrected chi connectivity index (χ0v) is 11.7. The quantitative estimate of drug-likeness (QED) is 0.707. The van der Waals surface area contributed by atoms with Crippen LogP contribution >= 0.6 is 0 Å². The zero-order chi connectivity index (χ0) is 13.4. The second-order valence-corrected chi connectivity index (χ2v) is 6.07. The molecule has 0 spiro atoms. The lowest BCUT2D eigenvalue weighted by Crippen LogP contribution is -2.31. The van der Waals surface area contributed by atoms with Crippen molar-refractivity contribution in [1.82, 2.24) is 0 Å². The minimum absolute atomic E-state index is 0.0403. The maximum Gasteiger partial charge on any atom is 0.185 e. The van der Waals surface area contributed by atoms with Gasteiger partial charge in [0.15, 0.2) is 11.6 Å². The number of hydrogen-bond donors (Lipinski definition) is 0. The second-order valence-electron chi connectivity index (χ2n) is 6.07. The first kappa shape index (κ1) is 13.5. The largest absolute Gasteiger partial charge is 0.344 e. The van der Waals surface area contributed by atoms with E-state index in [-0.39, 0.29) is 17.1 Å². The molecule has 3 nitrogen and oxygen atoms in total. The molecule has 0 bridgehead atoms. The average molecular weight is 250 g/mol. The van der Waals surface area contributed by atoms with Gasteiger partial charge in [0.1, 0.15) is 0 Å². The van der Waals surface area contributed by atoms with Crippen molar-refractivity contribution in [2.75, 3.05) is 13.2 Å². The summed E-state index contributed by atoms with van der Waals surface area (Å²) in [4.78, 5) is 11.6. The van der Waals surface area contributed by atoms with Crippen molar-refractivity contribution in [3.63, 3.8) is 0 Å². The molecule has 18 heavy (non-hydrogen) atoms. The molecule has 1 fully saturated rings. The highest BCUT2D eigenvalue weighted by molar-refractivity contribution is 5.92. The van der Waals surface area contributed by atoms with Crippen LogP contribution in [0.4, 0.5) is 0 Å². The molecule has 0 radical (unpaired) electrons. The van der Waals surface area contributed by atoms with Crippen molar-refractivity contribution in [3.8, 4) is 0 Å². The van der Waals surface area contributed by atoms with Crippen molar-refractivity contribution in [2.24, 2.45) is 11.3 Å². The van der Waals surface area contributed by atoms with Crippen molar-refractivity contribution in [3.05, 3.63) is 23.8 Å².